The lowest BCUT2D eigenvalue weighted by Gasteiger charge is -2.18. The third-order valence-corrected chi connectivity index (χ3v) is 10.3. The fourth-order valence-corrected chi connectivity index (χ4v) is 7.59. The van der Waals surface area contributed by atoms with E-state index in [1.165, 1.54) is 18.2 Å². The van der Waals surface area contributed by atoms with Crippen LogP contribution < -0.4 is 32.9 Å². The molecule has 9 aromatic rings. The predicted molar refractivity (Wildman–Crippen MR) is 242 cm³/mol. The lowest BCUT2D eigenvalue weighted by molar-refractivity contribution is -0.0980. The molecule has 0 bridgehead atoms. The van der Waals surface area contributed by atoms with Gasteiger partial charge in [0.25, 0.3) is 0 Å². The van der Waals surface area contributed by atoms with Gasteiger partial charge in [0.05, 0.1) is 44.6 Å². The van der Waals surface area contributed by atoms with Gasteiger partial charge >= 0.3 is 7.12 Å². The number of halogens is 4. The molecule has 11 N–H and O–H groups in total. The molecule has 5 heterocycles. The van der Waals surface area contributed by atoms with Crippen molar-refractivity contribution in [2.24, 2.45) is 0 Å². The molecule has 0 amide bonds. The Morgan fingerprint density at radius 1 is 0.705 bits per heavy atom. The monoisotopic (exact) mass is 861 g/mol. The fraction of sp³-hybridized carbons (Fsp3) is 0.0714. The second kappa shape index (κ2) is 17.7. The molecule has 14 nitrogen and oxygen atoms in total. The van der Waals surface area contributed by atoms with Gasteiger partial charge in [0.15, 0.2) is 0 Å². The number of hydrogen-bond donors (Lipinski definition) is 9. The number of nitrogens with zero attached hydrogens (tertiary/aromatic N) is 4. The summed E-state index contributed by atoms with van der Waals surface area (Å²) in [5, 5.41) is 29.9. The van der Waals surface area contributed by atoms with Gasteiger partial charge in [0, 0.05) is 70.6 Å². The summed E-state index contributed by atoms with van der Waals surface area (Å²) in [4.78, 5) is 31.9. The Morgan fingerprint density at radius 3 is 1.89 bits per heavy atom. The van der Waals surface area contributed by atoms with Crippen molar-refractivity contribution in [2.75, 3.05) is 41.5 Å². The Labute approximate surface area is 356 Å². The molecular weight excluding hydrogens is 826 g/mol. The van der Waals surface area contributed by atoms with Crippen LogP contribution in [0.2, 0.25) is 10.6 Å². The number of carbonyl (C=O) groups excluding carboxylic acids is 1. The van der Waals surface area contributed by atoms with Gasteiger partial charge in [-0.25, -0.2) is 18.7 Å². The first-order valence-electron chi connectivity index (χ1n) is 18.4. The molecule has 0 spiro atoms. The Kier molecular flexibility index (Phi) is 12.2. The number of anilines is 5. The molecule has 61 heavy (non-hydrogen) atoms. The topological polar surface area (TPSA) is 229 Å². The van der Waals surface area contributed by atoms with E-state index >= 15 is 0 Å². The minimum Gasteiger partial charge on any atom is -0.423 e. The van der Waals surface area contributed by atoms with Crippen molar-refractivity contribution >= 4 is 115 Å². The standard InChI is InChI=1S/C18H13ClFN5.C17H13ClFN5.C6H8BNO2.CH2O/c1-21-12-6-10(20)9-7-22-11-5-3-2-4-8(11)15-14-13(9)16(12)23-17(14)25-18(19)24-15;1-21-12-7-8(19)6-10-13-15(9-4-2-3-5-11(9)20)23-17(18)24-16(13)22-14(10)12;8-6-4-2-1-3-5(6)7(9)10;1-2/h2-6,21-22H,7H2,1H3,(H,23,24,25);2-7,21H,20H2,1H3,(H,22,23,24);1-4,9-10H,8H2;1H2. The molecule has 0 radical (unpaired) electrons. The highest BCUT2D eigenvalue weighted by atomic mass is 35.5. The van der Waals surface area contributed by atoms with E-state index in [1.807, 2.05) is 49.3 Å². The van der Waals surface area contributed by atoms with Crippen molar-refractivity contribution in [1.82, 2.24) is 29.9 Å². The zero-order valence-electron chi connectivity index (χ0n) is 32.4. The van der Waals surface area contributed by atoms with Crippen LogP contribution in [0.1, 0.15) is 5.56 Å². The summed E-state index contributed by atoms with van der Waals surface area (Å²) < 4.78 is 28.8. The number of H-pyrrole nitrogens is 2. The Hall–Kier alpha value is -7.05. The zero-order valence-corrected chi connectivity index (χ0v) is 33.9. The number of para-hydroxylation sites is 3. The summed E-state index contributed by atoms with van der Waals surface area (Å²) in [7, 11) is 2.02. The lowest BCUT2D eigenvalue weighted by Crippen LogP contribution is -2.31. The average molecular weight is 863 g/mol. The SMILES string of the molecule is C=O.CNc1cc(F)c2c3c1[nH]c1nc(Cl)nc(c13)-c1ccccc1NC2.CNc1cc(F)cc2c1[nH]c1nc(Cl)nc(-c3ccccc3N)c12.Nc1ccccc1B(O)O. The summed E-state index contributed by atoms with van der Waals surface area (Å²) in [6, 6.07) is 26.1. The Balaban J connectivity index is 0.000000146. The normalized spacial score (nSPS) is 11.3. The molecule has 1 aliphatic heterocycles. The second-order valence-corrected chi connectivity index (χ2v) is 14.1. The van der Waals surface area contributed by atoms with Gasteiger partial charge in [-0.15, -0.1) is 0 Å². The first-order valence-corrected chi connectivity index (χ1v) is 19.1. The number of benzene rings is 5. The van der Waals surface area contributed by atoms with Gasteiger partial charge in [0.2, 0.25) is 10.6 Å². The van der Waals surface area contributed by atoms with Crippen molar-refractivity contribution in [2.45, 2.75) is 6.54 Å². The van der Waals surface area contributed by atoms with Crippen LogP contribution in [0.4, 0.5) is 37.2 Å². The minimum absolute atomic E-state index is 0.0961. The number of rotatable bonds is 4. The van der Waals surface area contributed by atoms with Crippen LogP contribution in [0.15, 0.2) is 91.0 Å². The number of nitrogens with two attached hydrogens (primary N) is 2. The van der Waals surface area contributed by atoms with E-state index < -0.39 is 7.12 Å². The summed E-state index contributed by atoms with van der Waals surface area (Å²) in [5.41, 5.74) is 21.2. The fourth-order valence-electron chi connectivity index (χ4n) is 7.26. The van der Waals surface area contributed by atoms with Gasteiger partial charge in [-0.3, -0.25) is 0 Å². The van der Waals surface area contributed by atoms with Crippen LogP contribution in [0.5, 0.6) is 0 Å². The van der Waals surface area contributed by atoms with Crippen molar-refractivity contribution in [3.8, 4) is 22.5 Å². The molecule has 4 aromatic heterocycles. The van der Waals surface area contributed by atoms with Crippen molar-refractivity contribution in [3.63, 3.8) is 0 Å². The summed E-state index contributed by atoms with van der Waals surface area (Å²) in [6.45, 7) is 2.37. The van der Waals surface area contributed by atoms with Gasteiger partial charge in [0.1, 0.15) is 29.7 Å². The molecule has 308 valence electrons. The molecule has 0 saturated heterocycles. The van der Waals surface area contributed by atoms with Crippen molar-refractivity contribution in [3.05, 3.63) is 119 Å². The smallest absolute Gasteiger partial charge is 0.423 e. The molecule has 5 aromatic carbocycles. The number of fused-ring (bicyclic) bond motifs is 5. The molecular formula is C42H36BCl2F2N11O3. The van der Waals surface area contributed by atoms with E-state index in [9.17, 15) is 8.78 Å². The van der Waals surface area contributed by atoms with E-state index in [0.717, 1.165) is 38.6 Å². The van der Waals surface area contributed by atoms with Gasteiger partial charge in [-0.1, -0.05) is 54.6 Å². The zero-order chi connectivity index (χ0) is 43.5. The number of aromatic amines is 2. The quantitative estimate of drug-likeness (QED) is 0.0476. The Morgan fingerprint density at radius 2 is 1.26 bits per heavy atom. The molecule has 0 atom stereocenters. The van der Waals surface area contributed by atoms with E-state index in [0.29, 0.717) is 73.8 Å². The van der Waals surface area contributed by atoms with Crippen molar-refractivity contribution < 1.29 is 23.6 Å². The molecule has 19 heteroatoms. The molecule has 0 unspecified atom stereocenters. The maximum atomic E-state index is 14.8. The van der Waals surface area contributed by atoms with Gasteiger partial charge < -0.3 is 52.2 Å². The van der Waals surface area contributed by atoms with Crippen LogP contribution in [-0.2, 0) is 11.3 Å². The second-order valence-electron chi connectivity index (χ2n) is 13.4. The highest BCUT2D eigenvalue weighted by molar-refractivity contribution is 6.60. The number of nitrogens with one attached hydrogen (secondary N) is 5. The molecule has 0 aliphatic carbocycles. The van der Waals surface area contributed by atoms with Gasteiger partial charge in [-0.2, -0.15) is 9.97 Å². The van der Waals surface area contributed by atoms with E-state index in [4.69, 9.17) is 49.5 Å². The van der Waals surface area contributed by atoms with Crippen LogP contribution in [0.25, 0.3) is 66.4 Å². The largest absolute Gasteiger partial charge is 0.490 e. The molecule has 10 rings (SSSR count). The first kappa shape index (κ1) is 42.1. The van der Waals surface area contributed by atoms with Crippen LogP contribution in [0, 0.1) is 11.6 Å². The van der Waals surface area contributed by atoms with Crippen molar-refractivity contribution in [1.29, 1.82) is 0 Å². The maximum absolute atomic E-state index is 14.8. The summed E-state index contributed by atoms with van der Waals surface area (Å²) in [5.74, 6) is -0.625. The predicted octanol–water partition coefficient (Wildman–Crippen LogP) is 7.50. The van der Waals surface area contributed by atoms with Gasteiger partial charge in [-0.05, 0) is 59.6 Å². The Bertz CT molecular complexity index is 3090. The summed E-state index contributed by atoms with van der Waals surface area (Å²) >= 11 is 12.2. The van der Waals surface area contributed by atoms with E-state index in [1.54, 1.807) is 44.4 Å². The first-order chi connectivity index (χ1) is 29.5. The third-order valence-electron chi connectivity index (χ3n) is 9.92. The van der Waals surface area contributed by atoms with Crippen LogP contribution in [-0.4, -0.2) is 68.0 Å². The van der Waals surface area contributed by atoms with E-state index in [2.05, 4.69) is 45.9 Å². The molecule has 0 saturated carbocycles. The highest BCUT2D eigenvalue weighted by Gasteiger charge is 2.25. The van der Waals surface area contributed by atoms with Crippen LogP contribution >= 0.6 is 23.2 Å². The number of nitrogen functional groups attached to an aromatic ring is 2. The summed E-state index contributed by atoms with van der Waals surface area (Å²) in [6.07, 6.45) is 0. The van der Waals surface area contributed by atoms with Crippen LogP contribution in [0.3, 0.4) is 0 Å². The lowest BCUT2D eigenvalue weighted by atomic mass is 9.79. The number of hydrogen-bond acceptors (Lipinski definition) is 12. The maximum Gasteiger partial charge on any atom is 0.490 e. The molecule has 1 aliphatic rings. The number of carbonyl (C=O) groups is 1. The highest BCUT2D eigenvalue weighted by Crippen LogP contribution is 2.43. The number of aromatic nitrogens is 6. The van der Waals surface area contributed by atoms with E-state index in [-0.39, 0.29) is 22.2 Å². The third kappa shape index (κ3) is 8.02. The minimum atomic E-state index is -1.47. The average Bonchev–Trinajstić information content (AvgIpc) is 3.81. The molecule has 0 fully saturated rings.